The predicted octanol–water partition coefficient (Wildman–Crippen LogP) is 4.57. The number of halogens is 7. The summed E-state index contributed by atoms with van der Waals surface area (Å²) in [6.07, 6.45) is -8.99. The molecule has 0 radical (unpaired) electrons. The van der Waals surface area contributed by atoms with Gasteiger partial charge in [0.2, 0.25) is 11.8 Å². The van der Waals surface area contributed by atoms with Crippen LogP contribution < -0.4 is 10.1 Å². The predicted molar refractivity (Wildman–Crippen MR) is 85.8 cm³/mol. The van der Waals surface area contributed by atoms with Gasteiger partial charge < -0.3 is 10.1 Å². The molecular formula is C17H11ClF6N2O2. The number of fused-ring (bicyclic) bond motifs is 1. The van der Waals surface area contributed by atoms with E-state index in [1.54, 1.807) is 0 Å². The van der Waals surface area contributed by atoms with Crippen molar-refractivity contribution in [2.75, 3.05) is 6.61 Å². The fourth-order valence-corrected chi connectivity index (χ4v) is 3.17. The third-order valence-corrected chi connectivity index (χ3v) is 4.51. The maximum Gasteiger partial charge on any atom is 0.417 e. The highest BCUT2D eigenvalue weighted by atomic mass is 35.5. The number of hydrogen-bond donors (Lipinski definition) is 1. The number of carbonyl (C=O) groups is 1. The molecule has 28 heavy (non-hydrogen) atoms. The van der Waals surface area contributed by atoms with Crippen LogP contribution in [0.1, 0.15) is 28.3 Å². The van der Waals surface area contributed by atoms with Gasteiger partial charge in [0, 0.05) is 6.20 Å². The first-order valence-electron chi connectivity index (χ1n) is 7.81. The molecule has 3 rings (SSSR count). The summed E-state index contributed by atoms with van der Waals surface area (Å²) in [5, 5.41) is 1.70. The number of carbonyl (C=O) groups excluding carboxylic acids is 1. The number of pyridine rings is 1. The minimum Gasteiger partial charge on any atom is -0.475 e. The van der Waals surface area contributed by atoms with Gasteiger partial charge in [-0.15, -0.1) is 0 Å². The Bertz CT molecular complexity index is 913. The van der Waals surface area contributed by atoms with Crippen LogP contribution in [0.2, 0.25) is 5.02 Å². The van der Waals surface area contributed by atoms with Gasteiger partial charge >= 0.3 is 12.4 Å². The Hall–Kier alpha value is -2.49. The molecule has 1 aromatic carbocycles. The first kappa shape index (κ1) is 20.2. The first-order valence-corrected chi connectivity index (χ1v) is 8.19. The number of alkyl halides is 6. The average molecular weight is 425 g/mol. The summed E-state index contributed by atoms with van der Waals surface area (Å²) in [5.41, 5.74) is -2.52. The van der Waals surface area contributed by atoms with Crippen LogP contribution in [-0.4, -0.2) is 17.5 Å². The Morgan fingerprint density at radius 1 is 1.14 bits per heavy atom. The standard InChI is InChI=1S/C17H11ClF6N2O2/c18-14-8(2-1-3-10(14)17(22,23)24)6-12(27)26-11-7-28-15-13(11)9(4-5-25-15)16(19,20)21/h1-5,11H,6-7H2,(H,26,27). The number of rotatable bonds is 3. The Morgan fingerprint density at radius 2 is 1.82 bits per heavy atom. The smallest absolute Gasteiger partial charge is 0.417 e. The third-order valence-electron chi connectivity index (χ3n) is 4.06. The lowest BCUT2D eigenvalue weighted by molar-refractivity contribution is -0.139. The second-order valence-corrected chi connectivity index (χ2v) is 6.34. The summed E-state index contributed by atoms with van der Waals surface area (Å²) in [4.78, 5) is 16.0. The van der Waals surface area contributed by atoms with Gasteiger partial charge in [-0.3, -0.25) is 4.79 Å². The zero-order chi connectivity index (χ0) is 20.7. The lowest BCUT2D eigenvalue weighted by atomic mass is 10.0. The lowest BCUT2D eigenvalue weighted by Crippen LogP contribution is -2.32. The summed E-state index contributed by atoms with van der Waals surface area (Å²) < 4.78 is 83.4. The van der Waals surface area contributed by atoms with Crippen LogP contribution in [0.3, 0.4) is 0 Å². The minimum atomic E-state index is -4.70. The van der Waals surface area contributed by atoms with Crippen molar-refractivity contribution < 1.29 is 35.9 Å². The maximum absolute atomic E-state index is 13.2. The number of hydrogen-bond acceptors (Lipinski definition) is 3. The van der Waals surface area contributed by atoms with Gasteiger partial charge in [0.1, 0.15) is 6.61 Å². The lowest BCUT2D eigenvalue weighted by Gasteiger charge is -2.17. The highest BCUT2D eigenvalue weighted by Crippen LogP contribution is 2.41. The van der Waals surface area contributed by atoms with Crippen LogP contribution in [-0.2, 0) is 23.6 Å². The Balaban J connectivity index is 1.81. The molecule has 0 spiro atoms. The second-order valence-electron chi connectivity index (χ2n) is 5.96. The van der Waals surface area contributed by atoms with E-state index in [9.17, 15) is 31.1 Å². The molecule has 0 bridgehead atoms. The average Bonchev–Trinajstić information content (AvgIpc) is 2.97. The monoisotopic (exact) mass is 424 g/mol. The molecular weight excluding hydrogens is 414 g/mol. The molecule has 1 N–H and O–H groups in total. The number of nitrogens with zero attached hydrogens (tertiary/aromatic N) is 1. The zero-order valence-corrected chi connectivity index (χ0v) is 14.5. The van der Waals surface area contributed by atoms with Gasteiger partial charge in [0.25, 0.3) is 0 Å². The van der Waals surface area contributed by atoms with Gasteiger partial charge in [-0.1, -0.05) is 23.7 Å². The van der Waals surface area contributed by atoms with Crippen molar-refractivity contribution in [3.8, 4) is 5.88 Å². The van der Waals surface area contributed by atoms with Gasteiger partial charge in [-0.2, -0.15) is 26.3 Å². The first-order chi connectivity index (χ1) is 13.0. The molecule has 1 atom stereocenters. The third kappa shape index (κ3) is 4.01. The van der Waals surface area contributed by atoms with E-state index in [-0.39, 0.29) is 23.6 Å². The van der Waals surface area contributed by atoms with Crippen LogP contribution >= 0.6 is 11.6 Å². The number of amides is 1. The molecule has 0 saturated heterocycles. The van der Waals surface area contributed by atoms with E-state index in [2.05, 4.69) is 10.3 Å². The molecule has 1 aliphatic rings. The molecule has 2 aromatic rings. The van der Waals surface area contributed by atoms with Gasteiger partial charge in [0.05, 0.1) is 34.2 Å². The fourth-order valence-electron chi connectivity index (χ4n) is 2.87. The number of aromatic nitrogens is 1. The zero-order valence-electron chi connectivity index (χ0n) is 13.8. The maximum atomic E-state index is 13.2. The Morgan fingerprint density at radius 3 is 2.46 bits per heavy atom. The molecule has 4 nitrogen and oxygen atoms in total. The van der Waals surface area contributed by atoms with Crippen molar-refractivity contribution in [1.29, 1.82) is 0 Å². The van der Waals surface area contributed by atoms with E-state index in [4.69, 9.17) is 16.3 Å². The van der Waals surface area contributed by atoms with Gasteiger partial charge in [-0.05, 0) is 17.7 Å². The molecule has 2 heterocycles. The van der Waals surface area contributed by atoms with Crippen molar-refractivity contribution in [3.63, 3.8) is 0 Å². The highest BCUT2D eigenvalue weighted by molar-refractivity contribution is 6.32. The summed E-state index contributed by atoms with van der Waals surface area (Å²) in [6.45, 7) is -0.280. The molecule has 1 amide bonds. The molecule has 1 unspecified atom stereocenters. The van der Waals surface area contributed by atoms with E-state index < -0.39 is 46.9 Å². The van der Waals surface area contributed by atoms with E-state index in [0.29, 0.717) is 0 Å². The summed E-state index contributed by atoms with van der Waals surface area (Å²) >= 11 is 5.74. The summed E-state index contributed by atoms with van der Waals surface area (Å²) in [7, 11) is 0. The largest absolute Gasteiger partial charge is 0.475 e. The van der Waals surface area contributed by atoms with Gasteiger partial charge in [0.15, 0.2) is 0 Å². The van der Waals surface area contributed by atoms with Crippen LogP contribution in [0.25, 0.3) is 0 Å². The molecule has 150 valence electrons. The quantitative estimate of drug-likeness (QED) is 0.735. The Kier molecular flexibility index (Phi) is 5.18. The van der Waals surface area contributed by atoms with Crippen molar-refractivity contribution >= 4 is 17.5 Å². The van der Waals surface area contributed by atoms with E-state index >= 15 is 0 Å². The fraction of sp³-hybridized carbons (Fsp3) is 0.294. The minimum absolute atomic E-state index is 0.102. The van der Waals surface area contributed by atoms with E-state index in [1.165, 1.54) is 6.07 Å². The number of ether oxygens (including phenoxy) is 1. The van der Waals surface area contributed by atoms with Crippen molar-refractivity contribution in [3.05, 3.63) is 57.7 Å². The molecule has 11 heteroatoms. The normalized spacial score (nSPS) is 16.5. The number of benzene rings is 1. The van der Waals surface area contributed by atoms with Crippen LogP contribution in [0.5, 0.6) is 5.88 Å². The van der Waals surface area contributed by atoms with Crippen LogP contribution in [0.15, 0.2) is 30.5 Å². The molecule has 0 fully saturated rings. The topological polar surface area (TPSA) is 51.2 Å². The van der Waals surface area contributed by atoms with Crippen molar-refractivity contribution in [2.45, 2.75) is 24.8 Å². The second kappa shape index (κ2) is 7.16. The summed E-state index contributed by atoms with van der Waals surface area (Å²) in [5.74, 6) is -1.06. The van der Waals surface area contributed by atoms with E-state index in [0.717, 1.165) is 24.4 Å². The highest BCUT2D eigenvalue weighted by Gasteiger charge is 2.41. The molecule has 0 saturated carbocycles. The van der Waals surface area contributed by atoms with Crippen molar-refractivity contribution in [1.82, 2.24) is 10.3 Å². The van der Waals surface area contributed by atoms with Crippen LogP contribution in [0, 0.1) is 0 Å². The van der Waals surface area contributed by atoms with E-state index in [1.807, 2.05) is 0 Å². The molecule has 1 aromatic heterocycles. The molecule has 0 aliphatic carbocycles. The number of nitrogens with one attached hydrogen (secondary N) is 1. The SMILES string of the molecule is O=C(Cc1cccc(C(F)(F)F)c1Cl)NC1COc2nccc(C(F)(F)F)c21. The Labute approximate surface area is 159 Å². The van der Waals surface area contributed by atoms with Crippen molar-refractivity contribution in [2.24, 2.45) is 0 Å². The summed E-state index contributed by atoms with van der Waals surface area (Å²) in [6, 6.07) is 2.72. The van der Waals surface area contributed by atoms with Gasteiger partial charge in [-0.25, -0.2) is 4.98 Å². The van der Waals surface area contributed by atoms with Crippen LogP contribution in [0.4, 0.5) is 26.3 Å². The molecule has 1 aliphatic heterocycles.